The van der Waals surface area contributed by atoms with Crippen LogP contribution < -0.4 is 4.74 Å². The Morgan fingerprint density at radius 1 is 1.29 bits per heavy atom. The van der Waals surface area contributed by atoms with Gasteiger partial charge in [-0.25, -0.2) is 0 Å². The van der Waals surface area contributed by atoms with Gasteiger partial charge in [0.25, 0.3) is 0 Å². The number of methoxy groups -OCH3 is 1. The minimum atomic E-state index is 0.0480. The van der Waals surface area contributed by atoms with Gasteiger partial charge in [-0.15, -0.1) is 21.8 Å². The monoisotopic (exact) mass is 340 g/mol. The molecule has 1 atom stereocenters. The van der Waals surface area contributed by atoms with Gasteiger partial charge in [0, 0.05) is 5.56 Å². The quantitative estimate of drug-likeness (QED) is 0.787. The number of benzene rings is 1. The van der Waals surface area contributed by atoms with Gasteiger partial charge >= 0.3 is 0 Å². The maximum Gasteiger partial charge on any atom is 0.159 e. The van der Waals surface area contributed by atoms with E-state index < -0.39 is 0 Å². The number of allylic oxidation sites excluding steroid dienone is 4. The molecule has 24 heavy (non-hydrogen) atoms. The third kappa shape index (κ3) is 2.45. The predicted octanol–water partition coefficient (Wildman–Crippen LogP) is 3.38. The van der Waals surface area contributed by atoms with E-state index in [4.69, 9.17) is 21.3 Å². The number of ether oxygens (including phenoxy) is 1. The summed E-state index contributed by atoms with van der Waals surface area (Å²) in [6, 6.07) is 6.00. The molecule has 122 valence electrons. The molecule has 1 aliphatic carbocycles. The van der Waals surface area contributed by atoms with Gasteiger partial charge in [0.05, 0.1) is 23.9 Å². The van der Waals surface area contributed by atoms with Gasteiger partial charge in [0.15, 0.2) is 5.82 Å². The van der Waals surface area contributed by atoms with Crippen LogP contribution in [0.25, 0.3) is 5.69 Å². The van der Waals surface area contributed by atoms with Crippen molar-refractivity contribution in [3.05, 3.63) is 59.2 Å². The molecule has 2 aromatic rings. The Balaban J connectivity index is 1.92. The van der Waals surface area contributed by atoms with Crippen LogP contribution in [-0.4, -0.2) is 33.0 Å². The first-order valence-corrected chi connectivity index (χ1v) is 8.28. The number of alkyl halides is 1. The third-order valence-corrected chi connectivity index (χ3v) is 4.61. The van der Waals surface area contributed by atoms with Gasteiger partial charge in [-0.3, -0.25) is 9.56 Å². The molecule has 0 saturated carbocycles. The highest BCUT2D eigenvalue weighted by molar-refractivity contribution is 6.23. The number of hydrogen-bond donors (Lipinski definition) is 0. The molecule has 0 bridgehead atoms. The highest BCUT2D eigenvalue weighted by atomic mass is 35.5. The number of aliphatic imine (C=N–C) groups is 1. The van der Waals surface area contributed by atoms with E-state index in [9.17, 15) is 0 Å². The molecule has 0 fully saturated rings. The summed E-state index contributed by atoms with van der Waals surface area (Å²) in [6.45, 7) is 2.44. The van der Waals surface area contributed by atoms with Crippen LogP contribution in [0.3, 0.4) is 0 Å². The lowest BCUT2D eigenvalue weighted by Gasteiger charge is -2.16. The maximum atomic E-state index is 6.16. The molecular formula is C18H17ClN4O. The van der Waals surface area contributed by atoms with Gasteiger partial charge in [-0.2, -0.15) is 0 Å². The number of fused-ring (bicyclic) bond motifs is 3. The van der Waals surface area contributed by atoms with Gasteiger partial charge in [-0.05, 0) is 37.1 Å². The van der Waals surface area contributed by atoms with Crippen molar-refractivity contribution in [1.29, 1.82) is 0 Å². The SMILES string of the molecule is COc1ccc2c(c1)C(C1=CCC(Cl)C=C1)=NCc1nnc(C)n1-2. The zero-order valence-corrected chi connectivity index (χ0v) is 14.3. The van der Waals surface area contributed by atoms with Gasteiger partial charge in [0.1, 0.15) is 18.1 Å². The number of aromatic nitrogens is 3. The van der Waals surface area contributed by atoms with Crippen LogP contribution in [0, 0.1) is 6.92 Å². The normalized spacial score (nSPS) is 19.0. The van der Waals surface area contributed by atoms with Crippen LogP contribution in [0.1, 0.15) is 23.6 Å². The third-order valence-electron chi connectivity index (χ3n) is 4.29. The Labute approximate surface area is 145 Å². The Kier molecular flexibility index (Phi) is 3.73. The second-order valence-electron chi connectivity index (χ2n) is 5.82. The van der Waals surface area contributed by atoms with E-state index in [0.717, 1.165) is 46.4 Å². The van der Waals surface area contributed by atoms with E-state index in [1.54, 1.807) is 7.11 Å². The summed E-state index contributed by atoms with van der Waals surface area (Å²) in [5.41, 5.74) is 4.05. The van der Waals surface area contributed by atoms with Crippen molar-refractivity contribution in [2.45, 2.75) is 25.3 Å². The Hall–Kier alpha value is -2.40. The van der Waals surface area contributed by atoms with Crippen LogP contribution in [0.4, 0.5) is 0 Å². The zero-order valence-electron chi connectivity index (χ0n) is 13.5. The van der Waals surface area contributed by atoms with Crippen LogP contribution in [0.2, 0.25) is 0 Å². The van der Waals surface area contributed by atoms with Crippen molar-refractivity contribution in [3.63, 3.8) is 0 Å². The van der Waals surface area contributed by atoms with Crippen molar-refractivity contribution in [3.8, 4) is 11.4 Å². The topological polar surface area (TPSA) is 52.3 Å². The molecule has 2 heterocycles. The molecule has 0 radical (unpaired) electrons. The molecule has 2 aliphatic rings. The van der Waals surface area contributed by atoms with E-state index in [1.807, 2.05) is 37.3 Å². The summed E-state index contributed by atoms with van der Waals surface area (Å²) >= 11 is 6.16. The molecule has 6 heteroatoms. The molecule has 1 aromatic carbocycles. The minimum Gasteiger partial charge on any atom is -0.497 e. The second kappa shape index (κ2) is 5.91. The summed E-state index contributed by atoms with van der Waals surface area (Å²) < 4.78 is 7.48. The fraction of sp³-hybridized carbons (Fsp3) is 0.278. The van der Waals surface area contributed by atoms with Crippen molar-refractivity contribution in [2.24, 2.45) is 4.99 Å². The highest BCUT2D eigenvalue weighted by Gasteiger charge is 2.23. The Morgan fingerprint density at radius 2 is 2.17 bits per heavy atom. The van der Waals surface area contributed by atoms with Crippen molar-refractivity contribution in [1.82, 2.24) is 14.8 Å². The molecule has 1 aromatic heterocycles. The van der Waals surface area contributed by atoms with Gasteiger partial charge in [-0.1, -0.05) is 18.2 Å². The molecular weight excluding hydrogens is 324 g/mol. The number of rotatable bonds is 2. The molecule has 5 nitrogen and oxygen atoms in total. The number of nitrogens with zero attached hydrogens (tertiary/aromatic N) is 4. The fourth-order valence-corrected chi connectivity index (χ4v) is 3.26. The smallest absolute Gasteiger partial charge is 0.159 e. The predicted molar refractivity (Wildman–Crippen MR) is 94.4 cm³/mol. The van der Waals surface area contributed by atoms with E-state index in [-0.39, 0.29) is 5.38 Å². The lowest BCUT2D eigenvalue weighted by atomic mass is 9.95. The first kappa shape index (κ1) is 15.1. The van der Waals surface area contributed by atoms with E-state index >= 15 is 0 Å². The molecule has 1 aliphatic heterocycles. The van der Waals surface area contributed by atoms with Crippen molar-refractivity contribution < 1.29 is 4.74 Å². The standard InChI is InChI=1S/C18H17ClN4O/c1-11-21-22-17-10-20-18(12-3-5-13(19)6-4-12)15-9-14(24-2)7-8-16(15)23(11)17/h3-5,7-9,13H,6,10H2,1-2H3. The number of aryl methyl sites for hydroxylation is 1. The molecule has 0 N–H and O–H groups in total. The summed E-state index contributed by atoms with van der Waals surface area (Å²) in [4.78, 5) is 4.82. The van der Waals surface area contributed by atoms with Crippen LogP contribution in [0.15, 0.2) is 47.0 Å². The second-order valence-corrected chi connectivity index (χ2v) is 6.38. The van der Waals surface area contributed by atoms with Crippen LogP contribution in [0.5, 0.6) is 5.75 Å². The van der Waals surface area contributed by atoms with E-state index in [1.165, 1.54) is 0 Å². The largest absolute Gasteiger partial charge is 0.497 e. The lowest BCUT2D eigenvalue weighted by molar-refractivity contribution is 0.414. The summed E-state index contributed by atoms with van der Waals surface area (Å²) in [7, 11) is 1.67. The average molecular weight is 341 g/mol. The number of hydrogen-bond acceptors (Lipinski definition) is 4. The maximum absolute atomic E-state index is 6.16. The fourth-order valence-electron chi connectivity index (χ4n) is 3.10. The molecule has 0 amide bonds. The van der Waals surface area contributed by atoms with Gasteiger partial charge in [0.2, 0.25) is 0 Å². The van der Waals surface area contributed by atoms with Crippen LogP contribution >= 0.6 is 11.6 Å². The summed E-state index contributed by atoms with van der Waals surface area (Å²) in [5, 5.41) is 8.51. The Bertz CT molecular complexity index is 894. The Morgan fingerprint density at radius 3 is 2.92 bits per heavy atom. The zero-order chi connectivity index (χ0) is 16.7. The highest BCUT2D eigenvalue weighted by Crippen LogP contribution is 2.30. The van der Waals surface area contributed by atoms with E-state index in [2.05, 4.69) is 20.8 Å². The molecule has 4 rings (SSSR count). The van der Waals surface area contributed by atoms with Crippen molar-refractivity contribution >= 4 is 17.3 Å². The minimum absolute atomic E-state index is 0.0480. The molecule has 0 saturated heterocycles. The van der Waals surface area contributed by atoms with Gasteiger partial charge < -0.3 is 4.74 Å². The van der Waals surface area contributed by atoms with Crippen molar-refractivity contribution in [2.75, 3.05) is 7.11 Å². The van der Waals surface area contributed by atoms with E-state index in [0.29, 0.717) is 6.54 Å². The summed E-state index contributed by atoms with van der Waals surface area (Å²) in [5.74, 6) is 2.48. The molecule has 1 unspecified atom stereocenters. The lowest BCUT2D eigenvalue weighted by Crippen LogP contribution is -2.11. The summed E-state index contributed by atoms with van der Waals surface area (Å²) in [6.07, 6.45) is 6.99. The van der Waals surface area contributed by atoms with Crippen LogP contribution in [-0.2, 0) is 6.54 Å². The molecule has 0 spiro atoms. The first-order chi connectivity index (χ1) is 11.7. The first-order valence-electron chi connectivity index (χ1n) is 7.84. The number of halogens is 1. The average Bonchev–Trinajstić information content (AvgIpc) is 2.88.